The number of carbonyl (C=O) groups is 1. The van der Waals surface area contributed by atoms with E-state index >= 15 is 0 Å². The standard InChI is InChI=1S/C17H19NO4/c1-18(2)12-8-9-4-5-11(21-3)16-13(9)14-15(22-16)10(19)6-7-17(12,14)20/h4-7,12,14-15,20H,8H2,1-3H3. The number of ketones is 1. The van der Waals surface area contributed by atoms with Crippen LogP contribution in [-0.2, 0) is 11.2 Å². The second kappa shape index (κ2) is 4.33. The van der Waals surface area contributed by atoms with E-state index in [0.29, 0.717) is 17.9 Å². The Balaban J connectivity index is 1.98. The molecule has 0 saturated carbocycles. The van der Waals surface area contributed by atoms with Gasteiger partial charge in [-0.15, -0.1) is 0 Å². The number of aliphatic hydroxyl groups is 1. The van der Waals surface area contributed by atoms with E-state index in [0.717, 1.165) is 11.1 Å². The number of hydrogen-bond acceptors (Lipinski definition) is 5. The molecule has 0 bridgehead atoms. The number of nitrogens with zero attached hydrogens (tertiary/aromatic N) is 1. The molecule has 2 aliphatic carbocycles. The van der Waals surface area contributed by atoms with Crippen LogP contribution in [0.1, 0.15) is 17.0 Å². The van der Waals surface area contributed by atoms with Crippen LogP contribution in [-0.4, -0.2) is 54.7 Å². The molecule has 4 rings (SSSR count). The minimum absolute atomic E-state index is 0.0974. The molecule has 22 heavy (non-hydrogen) atoms. The van der Waals surface area contributed by atoms with Crippen LogP contribution in [0.3, 0.4) is 0 Å². The fourth-order valence-electron chi connectivity index (χ4n) is 4.16. The van der Waals surface area contributed by atoms with Gasteiger partial charge < -0.3 is 19.5 Å². The molecule has 4 atom stereocenters. The van der Waals surface area contributed by atoms with E-state index in [9.17, 15) is 9.90 Å². The molecule has 1 aliphatic heterocycles. The van der Waals surface area contributed by atoms with Crippen molar-refractivity contribution in [1.82, 2.24) is 4.90 Å². The summed E-state index contributed by atoms with van der Waals surface area (Å²) in [6, 6.07) is 3.79. The first-order valence-electron chi connectivity index (χ1n) is 7.45. The first-order valence-corrected chi connectivity index (χ1v) is 7.45. The first-order chi connectivity index (χ1) is 10.5. The largest absolute Gasteiger partial charge is 0.493 e. The average Bonchev–Trinajstić information content (AvgIpc) is 2.90. The molecule has 1 aromatic carbocycles. The van der Waals surface area contributed by atoms with Crippen molar-refractivity contribution in [2.75, 3.05) is 21.2 Å². The fraction of sp³-hybridized carbons (Fsp3) is 0.471. The molecule has 0 saturated heterocycles. The molecular weight excluding hydrogens is 282 g/mol. The monoisotopic (exact) mass is 301 g/mol. The average molecular weight is 301 g/mol. The van der Waals surface area contributed by atoms with Crippen molar-refractivity contribution in [1.29, 1.82) is 0 Å². The molecule has 3 aliphatic rings. The zero-order chi connectivity index (χ0) is 15.6. The Morgan fingerprint density at radius 3 is 2.86 bits per heavy atom. The number of likely N-dealkylation sites (N-methyl/N-ethyl adjacent to an activating group) is 1. The number of benzene rings is 1. The predicted molar refractivity (Wildman–Crippen MR) is 80.4 cm³/mol. The Hall–Kier alpha value is -1.85. The summed E-state index contributed by atoms with van der Waals surface area (Å²) in [5.41, 5.74) is 0.949. The highest BCUT2D eigenvalue weighted by Gasteiger charge is 2.59. The normalized spacial score (nSPS) is 34.6. The molecule has 116 valence electrons. The van der Waals surface area contributed by atoms with Gasteiger partial charge in [0.25, 0.3) is 0 Å². The highest BCUT2D eigenvalue weighted by atomic mass is 16.5. The lowest BCUT2D eigenvalue weighted by Gasteiger charge is -2.48. The number of methoxy groups -OCH3 is 1. The summed E-state index contributed by atoms with van der Waals surface area (Å²) in [7, 11) is 5.49. The van der Waals surface area contributed by atoms with Gasteiger partial charge in [-0.2, -0.15) is 0 Å². The molecule has 4 unspecified atom stereocenters. The van der Waals surface area contributed by atoms with Gasteiger partial charge in [0.05, 0.1) is 13.0 Å². The van der Waals surface area contributed by atoms with E-state index in [4.69, 9.17) is 9.47 Å². The van der Waals surface area contributed by atoms with Gasteiger partial charge in [-0.1, -0.05) is 6.07 Å². The topological polar surface area (TPSA) is 59.0 Å². The van der Waals surface area contributed by atoms with Crippen LogP contribution in [0.5, 0.6) is 11.5 Å². The van der Waals surface area contributed by atoms with Crippen LogP contribution in [0.15, 0.2) is 24.3 Å². The van der Waals surface area contributed by atoms with Crippen molar-refractivity contribution in [2.45, 2.75) is 30.1 Å². The summed E-state index contributed by atoms with van der Waals surface area (Å²) in [5.74, 6) is 0.763. The van der Waals surface area contributed by atoms with Crippen LogP contribution in [0.4, 0.5) is 0 Å². The lowest BCUT2D eigenvalue weighted by molar-refractivity contribution is -0.127. The van der Waals surface area contributed by atoms with Crippen LogP contribution >= 0.6 is 0 Å². The molecular formula is C17H19NO4. The second-order valence-electron chi connectivity index (χ2n) is 6.49. The van der Waals surface area contributed by atoms with Crippen LogP contribution in [0.25, 0.3) is 0 Å². The van der Waals surface area contributed by atoms with Crippen molar-refractivity contribution >= 4 is 5.78 Å². The third kappa shape index (κ3) is 1.53. The molecule has 0 spiro atoms. The van der Waals surface area contributed by atoms with Gasteiger partial charge in [-0.3, -0.25) is 4.79 Å². The lowest BCUT2D eigenvalue weighted by Crippen LogP contribution is -2.60. The van der Waals surface area contributed by atoms with Gasteiger partial charge in [0.2, 0.25) is 0 Å². The van der Waals surface area contributed by atoms with Gasteiger partial charge in [0.15, 0.2) is 23.4 Å². The summed E-state index contributed by atoms with van der Waals surface area (Å²) in [6.45, 7) is 0. The third-order valence-electron chi connectivity index (χ3n) is 5.19. The van der Waals surface area contributed by atoms with E-state index in [-0.39, 0.29) is 17.7 Å². The molecule has 5 heteroatoms. The van der Waals surface area contributed by atoms with Gasteiger partial charge in [0, 0.05) is 11.6 Å². The maximum atomic E-state index is 12.3. The summed E-state index contributed by atoms with van der Waals surface area (Å²) < 4.78 is 11.3. The Morgan fingerprint density at radius 2 is 2.18 bits per heavy atom. The van der Waals surface area contributed by atoms with E-state index < -0.39 is 11.7 Å². The van der Waals surface area contributed by atoms with Crippen molar-refractivity contribution in [3.63, 3.8) is 0 Å². The molecule has 1 N–H and O–H groups in total. The molecule has 0 amide bonds. The Labute approximate surface area is 129 Å². The minimum atomic E-state index is -1.10. The molecule has 0 aromatic heterocycles. The maximum Gasteiger partial charge on any atom is 0.196 e. The van der Waals surface area contributed by atoms with Gasteiger partial charge >= 0.3 is 0 Å². The molecule has 5 nitrogen and oxygen atoms in total. The SMILES string of the molecule is COc1ccc2c3c1OC1C(=O)C=CC(O)(C31)C(N(C)C)C2. The summed E-state index contributed by atoms with van der Waals surface area (Å²) >= 11 is 0. The van der Waals surface area contributed by atoms with Gasteiger partial charge in [0.1, 0.15) is 5.60 Å². The third-order valence-corrected chi connectivity index (χ3v) is 5.19. The quantitative estimate of drug-likeness (QED) is 0.879. The molecule has 0 fully saturated rings. The van der Waals surface area contributed by atoms with Gasteiger partial charge in [-0.05, 0) is 44.3 Å². The highest BCUT2D eigenvalue weighted by molar-refractivity contribution is 5.97. The smallest absolute Gasteiger partial charge is 0.196 e. The summed E-state index contributed by atoms with van der Waals surface area (Å²) in [6.07, 6.45) is 3.16. The number of hydrogen-bond donors (Lipinski definition) is 1. The number of ether oxygens (including phenoxy) is 2. The lowest BCUT2D eigenvalue weighted by atomic mass is 9.64. The molecule has 1 heterocycles. The van der Waals surface area contributed by atoms with Gasteiger partial charge in [-0.25, -0.2) is 0 Å². The summed E-state index contributed by atoms with van der Waals surface area (Å²) in [4.78, 5) is 14.3. The van der Waals surface area contributed by atoms with Crippen molar-refractivity contribution in [2.24, 2.45) is 0 Å². The van der Waals surface area contributed by atoms with Crippen LogP contribution < -0.4 is 9.47 Å². The van der Waals surface area contributed by atoms with E-state index in [2.05, 4.69) is 0 Å². The zero-order valence-electron chi connectivity index (χ0n) is 12.9. The maximum absolute atomic E-state index is 12.3. The van der Waals surface area contributed by atoms with E-state index in [1.165, 1.54) is 6.08 Å². The Bertz CT molecular complexity index is 696. The first kappa shape index (κ1) is 13.8. The molecule has 0 radical (unpaired) electrons. The van der Waals surface area contributed by atoms with Crippen molar-refractivity contribution in [3.8, 4) is 11.5 Å². The van der Waals surface area contributed by atoms with E-state index in [1.54, 1.807) is 13.2 Å². The van der Waals surface area contributed by atoms with Crippen LogP contribution in [0.2, 0.25) is 0 Å². The Morgan fingerprint density at radius 1 is 1.41 bits per heavy atom. The molecule has 1 aromatic rings. The van der Waals surface area contributed by atoms with Crippen molar-refractivity contribution < 1.29 is 19.4 Å². The summed E-state index contributed by atoms with van der Waals surface area (Å²) in [5, 5.41) is 11.4. The minimum Gasteiger partial charge on any atom is -0.493 e. The second-order valence-corrected chi connectivity index (χ2v) is 6.49. The van der Waals surface area contributed by atoms with Crippen LogP contribution in [0, 0.1) is 0 Å². The zero-order valence-corrected chi connectivity index (χ0v) is 12.9. The number of rotatable bonds is 2. The van der Waals surface area contributed by atoms with Crippen molar-refractivity contribution in [3.05, 3.63) is 35.4 Å². The number of carbonyl (C=O) groups excluding carboxylic acids is 1. The Kier molecular flexibility index (Phi) is 2.72. The predicted octanol–water partition coefficient (Wildman–Crippen LogP) is 0.896. The van der Waals surface area contributed by atoms with E-state index in [1.807, 2.05) is 31.1 Å². The highest BCUT2D eigenvalue weighted by Crippen LogP contribution is 2.56. The fourth-order valence-corrected chi connectivity index (χ4v) is 4.16.